The van der Waals surface area contributed by atoms with Gasteiger partial charge >= 0.3 is 0 Å². The van der Waals surface area contributed by atoms with Gasteiger partial charge < -0.3 is 10.6 Å². The van der Waals surface area contributed by atoms with Crippen LogP contribution in [-0.2, 0) is 4.79 Å². The third-order valence-electron chi connectivity index (χ3n) is 3.96. The van der Waals surface area contributed by atoms with Crippen molar-refractivity contribution in [1.29, 1.82) is 0 Å². The fourth-order valence-electron chi connectivity index (χ4n) is 2.64. The Morgan fingerprint density at radius 2 is 1.88 bits per heavy atom. The van der Waals surface area contributed by atoms with Gasteiger partial charge in [-0.15, -0.1) is 11.3 Å². The molecule has 1 aromatic heterocycles. The van der Waals surface area contributed by atoms with Crippen molar-refractivity contribution in [1.82, 2.24) is 10.3 Å². The lowest BCUT2D eigenvalue weighted by atomic mass is 10.2. The Labute approximate surface area is 162 Å². The number of nitrogens with one attached hydrogen (secondary N) is 2. The van der Waals surface area contributed by atoms with Gasteiger partial charge in [0.2, 0.25) is 5.91 Å². The summed E-state index contributed by atoms with van der Waals surface area (Å²) in [6, 6.07) is 15.9. The summed E-state index contributed by atoms with van der Waals surface area (Å²) in [5.41, 5.74) is 2.79. The van der Waals surface area contributed by atoms with Crippen LogP contribution in [0, 0.1) is 0 Å². The van der Waals surface area contributed by atoms with E-state index in [4.69, 9.17) is 17.2 Å². The number of benzene rings is 2. The zero-order valence-corrected chi connectivity index (χ0v) is 16.3. The van der Waals surface area contributed by atoms with Crippen molar-refractivity contribution in [3.8, 4) is 10.6 Å². The maximum atomic E-state index is 11.9. The molecule has 0 saturated carbocycles. The number of aromatic nitrogens is 1. The Bertz CT molecular complexity index is 887. The van der Waals surface area contributed by atoms with Crippen molar-refractivity contribution in [2.24, 2.45) is 0 Å². The van der Waals surface area contributed by atoms with Gasteiger partial charge in [0, 0.05) is 12.0 Å². The number of carbonyl (C=O) groups excluding carboxylic acids is 1. The molecule has 134 valence electrons. The lowest BCUT2D eigenvalue weighted by Gasteiger charge is -2.12. The van der Waals surface area contributed by atoms with Gasteiger partial charge in [-0.3, -0.25) is 4.79 Å². The average molecular weight is 384 g/mol. The minimum Gasteiger partial charge on any atom is -0.332 e. The number of fused-ring (bicyclic) bond motifs is 1. The molecule has 4 nitrogen and oxygen atoms in total. The molecule has 3 aromatic rings. The van der Waals surface area contributed by atoms with Gasteiger partial charge in [-0.25, -0.2) is 4.98 Å². The monoisotopic (exact) mass is 383 g/mol. The van der Waals surface area contributed by atoms with E-state index >= 15 is 0 Å². The summed E-state index contributed by atoms with van der Waals surface area (Å²) in [6.45, 7) is 2.11. The molecule has 0 radical (unpaired) electrons. The molecule has 0 spiro atoms. The Hall–Kier alpha value is -2.31. The fourth-order valence-corrected chi connectivity index (χ4v) is 3.87. The van der Waals surface area contributed by atoms with Gasteiger partial charge in [0.25, 0.3) is 0 Å². The van der Waals surface area contributed by atoms with Gasteiger partial charge in [0.1, 0.15) is 5.01 Å². The van der Waals surface area contributed by atoms with Gasteiger partial charge in [-0.05, 0) is 42.9 Å². The Morgan fingerprint density at radius 3 is 2.69 bits per heavy atom. The first kappa shape index (κ1) is 18.5. The third kappa shape index (κ3) is 4.65. The van der Waals surface area contributed by atoms with Crippen molar-refractivity contribution in [3.05, 3.63) is 48.5 Å². The van der Waals surface area contributed by atoms with E-state index in [0.29, 0.717) is 11.5 Å². The normalized spacial score (nSPS) is 10.7. The molecule has 2 aromatic carbocycles. The molecule has 0 saturated heterocycles. The van der Waals surface area contributed by atoms with Gasteiger partial charge in [0.15, 0.2) is 5.11 Å². The summed E-state index contributed by atoms with van der Waals surface area (Å²) in [5.74, 6) is -0.0478. The SMILES string of the molecule is CCCCCC(=O)NC(=S)Nc1ccccc1-c1nc2ccccc2s1. The zero-order chi connectivity index (χ0) is 18.4. The minimum absolute atomic E-state index is 0.0478. The molecule has 1 heterocycles. The van der Waals surface area contributed by atoms with Crippen molar-refractivity contribution >= 4 is 50.5 Å². The highest BCUT2D eigenvalue weighted by Gasteiger charge is 2.12. The molecule has 0 aliphatic carbocycles. The average Bonchev–Trinajstić information content (AvgIpc) is 3.06. The van der Waals surface area contributed by atoms with Crippen LogP contribution < -0.4 is 10.6 Å². The summed E-state index contributed by atoms with van der Waals surface area (Å²) in [4.78, 5) is 16.7. The summed E-state index contributed by atoms with van der Waals surface area (Å²) < 4.78 is 1.14. The van der Waals surface area contributed by atoms with Gasteiger partial charge in [0.05, 0.1) is 15.9 Å². The zero-order valence-electron chi connectivity index (χ0n) is 14.6. The molecule has 2 N–H and O–H groups in total. The molecule has 1 amide bonds. The molecule has 0 atom stereocenters. The van der Waals surface area contributed by atoms with E-state index in [1.165, 1.54) is 0 Å². The molecule has 3 rings (SSSR count). The van der Waals surface area contributed by atoms with Crippen LogP contribution in [0.25, 0.3) is 20.8 Å². The highest BCUT2D eigenvalue weighted by Crippen LogP contribution is 2.34. The Kier molecular flexibility index (Phi) is 6.30. The van der Waals surface area contributed by atoms with Gasteiger partial charge in [-0.2, -0.15) is 0 Å². The van der Waals surface area contributed by atoms with Crippen LogP contribution in [0.1, 0.15) is 32.6 Å². The lowest BCUT2D eigenvalue weighted by Crippen LogP contribution is -2.34. The van der Waals surface area contributed by atoms with Gasteiger partial charge in [-0.1, -0.05) is 44.0 Å². The Balaban J connectivity index is 1.73. The summed E-state index contributed by atoms with van der Waals surface area (Å²) in [5, 5.41) is 7.14. The molecule has 26 heavy (non-hydrogen) atoms. The number of anilines is 1. The number of hydrogen-bond donors (Lipinski definition) is 2. The van der Waals surface area contributed by atoms with E-state index in [2.05, 4.69) is 23.6 Å². The third-order valence-corrected chi connectivity index (χ3v) is 5.23. The van der Waals surface area contributed by atoms with Crippen LogP contribution in [-0.4, -0.2) is 16.0 Å². The topological polar surface area (TPSA) is 54.0 Å². The number of rotatable bonds is 6. The van der Waals surface area contributed by atoms with Crippen LogP contribution in [0.5, 0.6) is 0 Å². The summed E-state index contributed by atoms with van der Waals surface area (Å²) in [6.07, 6.45) is 3.52. The van der Waals surface area contributed by atoms with Crippen molar-refractivity contribution < 1.29 is 4.79 Å². The number of thiazole rings is 1. The number of amides is 1. The molecule has 0 bridgehead atoms. The second kappa shape index (κ2) is 8.87. The number of para-hydroxylation sites is 2. The standard InChI is InChI=1S/C20H21N3OS2/c1-2-3-4-13-18(24)23-20(25)22-15-10-6-5-9-14(15)19-21-16-11-7-8-12-17(16)26-19/h5-12H,2-4,13H2,1H3,(H2,22,23,24,25). The second-order valence-electron chi connectivity index (χ2n) is 5.99. The molecule has 0 fully saturated rings. The van der Waals surface area contributed by atoms with E-state index in [1.54, 1.807) is 11.3 Å². The van der Waals surface area contributed by atoms with Crippen LogP contribution in [0.3, 0.4) is 0 Å². The largest absolute Gasteiger partial charge is 0.332 e. The maximum absolute atomic E-state index is 11.9. The number of carbonyl (C=O) groups is 1. The van der Waals surface area contributed by atoms with E-state index in [9.17, 15) is 4.79 Å². The van der Waals surface area contributed by atoms with E-state index in [1.807, 2.05) is 42.5 Å². The predicted molar refractivity (Wildman–Crippen MR) is 114 cm³/mol. The molecule has 0 unspecified atom stereocenters. The second-order valence-corrected chi connectivity index (χ2v) is 7.43. The van der Waals surface area contributed by atoms with E-state index in [0.717, 1.165) is 45.7 Å². The lowest BCUT2D eigenvalue weighted by molar-refractivity contribution is -0.119. The predicted octanol–water partition coefficient (Wildman–Crippen LogP) is 5.36. The van der Waals surface area contributed by atoms with Crippen LogP contribution in [0.2, 0.25) is 0 Å². The number of thiocarbonyl (C=S) groups is 1. The maximum Gasteiger partial charge on any atom is 0.226 e. The van der Waals surface area contributed by atoms with E-state index < -0.39 is 0 Å². The van der Waals surface area contributed by atoms with Crippen molar-refractivity contribution in [2.75, 3.05) is 5.32 Å². The molecule has 0 aliphatic heterocycles. The molecule has 6 heteroatoms. The summed E-state index contributed by atoms with van der Waals surface area (Å²) in [7, 11) is 0. The first-order chi connectivity index (χ1) is 12.7. The first-order valence-corrected chi connectivity index (χ1v) is 9.95. The number of unbranched alkanes of at least 4 members (excludes halogenated alkanes) is 2. The highest BCUT2D eigenvalue weighted by atomic mass is 32.1. The minimum atomic E-state index is -0.0478. The first-order valence-electron chi connectivity index (χ1n) is 8.73. The molecular formula is C20H21N3OS2. The number of hydrogen-bond acceptors (Lipinski definition) is 4. The summed E-state index contributed by atoms with van der Waals surface area (Å²) >= 11 is 6.94. The quantitative estimate of drug-likeness (QED) is 0.445. The van der Waals surface area contributed by atoms with Crippen molar-refractivity contribution in [2.45, 2.75) is 32.6 Å². The number of nitrogens with zero attached hydrogens (tertiary/aromatic N) is 1. The Morgan fingerprint density at radius 1 is 1.12 bits per heavy atom. The van der Waals surface area contributed by atoms with Crippen LogP contribution >= 0.6 is 23.6 Å². The van der Waals surface area contributed by atoms with Crippen LogP contribution in [0.4, 0.5) is 5.69 Å². The molecule has 0 aliphatic rings. The van der Waals surface area contributed by atoms with Crippen LogP contribution in [0.15, 0.2) is 48.5 Å². The fraction of sp³-hybridized carbons (Fsp3) is 0.250. The molecular weight excluding hydrogens is 362 g/mol. The smallest absolute Gasteiger partial charge is 0.226 e. The van der Waals surface area contributed by atoms with E-state index in [-0.39, 0.29) is 5.91 Å². The highest BCUT2D eigenvalue weighted by molar-refractivity contribution is 7.80. The van der Waals surface area contributed by atoms with Crippen molar-refractivity contribution in [3.63, 3.8) is 0 Å².